The highest BCUT2D eigenvalue weighted by Crippen LogP contribution is 2.64. The number of hydrogen-bond donors (Lipinski definition) is 1. The van der Waals surface area contributed by atoms with Crippen molar-refractivity contribution in [3.63, 3.8) is 0 Å². The molecule has 8 nitrogen and oxygen atoms in total. The number of hydrogen-bond acceptors (Lipinski definition) is 6. The summed E-state index contributed by atoms with van der Waals surface area (Å²) in [5.41, 5.74) is 0.754. The molecule has 2 aliphatic carbocycles. The van der Waals surface area contributed by atoms with Crippen LogP contribution in [0, 0.1) is 29.1 Å². The molecule has 3 aromatic carbocycles. The average molecular weight is 645 g/mol. The number of imide groups is 2. The van der Waals surface area contributed by atoms with Gasteiger partial charge >= 0.3 is 6.36 Å². The third-order valence-corrected chi connectivity index (χ3v) is 10.4. The van der Waals surface area contributed by atoms with Crippen LogP contribution in [0.1, 0.15) is 43.7 Å². The number of phenolic OH excluding ortho intramolecular Hbond substituents is 1. The molecule has 2 aliphatic heterocycles. The van der Waals surface area contributed by atoms with Gasteiger partial charge in [-0.15, -0.1) is 13.2 Å². The van der Waals surface area contributed by atoms with Crippen molar-refractivity contribution in [1.29, 1.82) is 0 Å². The molecule has 0 bridgehead atoms. The van der Waals surface area contributed by atoms with Crippen LogP contribution in [0.4, 0.5) is 24.5 Å². The van der Waals surface area contributed by atoms with Crippen molar-refractivity contribution in [2.45, 2.75) is 45.4 Å². The van der Waals surface area contributed by atoms with Crippen LogP contribution in [0.25, 0.3) is 0 Å². The molecule has 4 amide bonds. The van der Waals surface area contributed by atoms with E-state index in [1.165, 1.54) is 4.90 Å². The second-order valence-corrected chi connectivity index (χ2v) is 12.8. The second kappa shape index (κ2) is 10.8. The molecule has 4 aliphatic rings. The van der Waals surface area contributed by atoms with E-state index in [-0.39, 0.29) is 24.3 Å². The summed E-state index contributed by atoms with van der Waals surface area (Å²) in [4.78, 5) is 58.9. The maximum absolute atomic E-state index is 14.4. The maximum Gasteiger partial charge on any atom is 0.573 e. The quantitative estimate of drug-likeness (QED) is 0.259. The average Bonchev–Trinajstić information content (AvgIpc) is 3.41. The number of amides is 4. The van der Waals surface area contributed by atoms with Crippen LogP contribution < -0.4 is 14.5 Å². The highest BCUT2D eigenvalue weighted by Gasteiger charge is 2.68. The van der Waals surface area contributed by atoms with E-state index in [9.17, 15) is 37.5 Å². The predicted molar refractivity (Wildman–Crippen MR) is 164 cm³/mol. The molecule has 47 heavy (non-hydrogen) atoms. The highest BCUT2D eigenvalue weighted by molar-refractivity contribution is 6.25. The van der Waals surface area contributed by atoms with Gasteiger partial charge in [-0.2, -0.15) is 0 Å². The van der Waals surface area contributed by atoms with Crippen LogP contribution in [-0.2, 0) is 25.6 Å². The lowest BCUT2D eigenvalue weighted by molar-refractivity contribution is -0.274. The summed E-state index contributed by atoms with van der Waals surface area (Å²) in [5.74, 6) is -7.28. The molecular formula is C36H31F3N2O6. The number of ether oxygens (including phenoxy) is 1. The molecule has 3 fully saturated rings. The van der Waals surface area contributed by atoms with Crippen molar-refractivity contribution >= 4 is 35.0 Å². The van der Waals surface area contributed by atoms with Crippen molar-refractivity contribution in [2.75, 3.05) is 9.80 Å². The third kappa shape index (κ3) is 4.65. The number of phenols is 1. The summed E-state index contributed by atoms with van der Waals surface area (Å²) >= 11 is 0. The van der Waals surface area contributed by atoms with Gasteiger partial charge < -0.3 is 9.84 Å². The molecule has 6 atom stereocenters. The topological polar surface area (TPSA) is 104 Å². The molecule has 242 valence electrons. The molecule has 3 aromatic rings. The van der Waals surface area contributed by atoms with Crippen LogP contribution in [-0.4, -0.2) is 35.1 Å². The Bertz CT molecular complexity index is 1840. The Kier molecular flexibility index (Phi) is 7.07. The number of fused-ring (bicyclic) bond motifs is 4. The maximum atomic E-state index is 14.4. The van der Waals surface area contributed by atoms with Crippen molar-refractivity contribution in [1.82, 2.24) is 0 Å². The van der Waals surface area contributed by atoms with Gasteiger partial charge in [-0.3, -0.25) is 24.1 Å². The summed E-state index contributed by atoms with van der Waals surface area (Å²) in [6.45, 7) is 3.58. The van der Waals surface area contributed by atoms with E-state index < -0.39 is 70.6 Å². The predicted octanol–water partition coefficient (Wildman–Crippen LogP) is 6.29. The molecule has 6 unspecified atom stereocenters. The summed E-state index contributed by atoms with van der Waals surface area (Å²) in [5, 5.41) is 11.2. The van der Waals surface area contributed by atoms with E-state index in [2.05, 4.69) is 4.74 Å². The van der Waals surface area contributed by atoms with Crippen molar-refractivity contribution in [2.24, 2.45) is 29.1 Å². The number of benzene rings is 3. The van der Waals surface area contributed by atoms with Crippen molar-refractivity contribution in [3.8, 4) is 11.5 Å². The number of para-hydroxylation sites is 1. The molecule has 0 spiro atoms. The monoisotopic (exact) mass is 644 g/mol. The van der Waals surface area contributed by atoms with E-state index >= 15 is 0 Å². The Hall–Kier alpha value is -4.93. The van der Waals surface area contributed by atoms with Crippen LogP contribution in [0.15, 0.2) is 84.4 Å². The molecule has 1 N–H and O–H groups in total. The Morgan fingerprint density at radius 3 is 2.21 bits per heavy atom. The third-order valence-electron chi connectivity index (χ3n) is 10.4. The first kappa shape index (κ1) is 30.7. The SMILES string of the molecule is CCc1ccc(N2C(=O)C3CC=C4C(CC5C(=O)N(c6ccccc6)C(=O)C5(C)C4c4cc(OC(F)(F)F)ccc4O)C3C2=O)cc1. The minimum Gasteiger partial charge on any atom is -0.508 e. The van der Waals surface area contributed by atoms with Gasteiger partial charge in [0.05, 0.1) is 34.5 Å². The molecular weight excluding hydrogens is 613 g/mol. The van der Waals surface area contributed by atoms with E-state index in [0.717, 1.165) is 35.1 Å². The zero-order valence-corrected chi connectivity index (χ0v) is 25.5. The van der Waals surface area contributed by atoms with Crippen LogP contribution in [0.5, 0.6) is 11.5 Å². The largest absolute Gasteiger partial charge is 0.573 e. The molecule has 7 rings (SSSR count). The van der Waals surface area contributed by atoms with Gasteiger partial charge in [-0.05, 0) is 80.1 Å². The van der Waals surface area contributed by atoms with Crippen molar-refractivity contribution in [3.05, 3.63) is 95.6 Å². The molecule has 2 saturated heterocycles. The van der Waals surface area contributed by atoms with Gasteiger partial charge in [0.2, 0.25) is 23.6 Å². The number of rotatable bonds is 5. The van der Waals surface area contributed by atoms with E-state index in [1.807, 2.05) is 19.1 Å². The van der Waals surface area contributed by atoms with Gasteiger partial charge in [-0.1, -0.05) is 48.9 Å². The zero-order chi connectivity index (χ0) is 33.4. The number of carbonyl (C=O) groups excluding carboxylic acids is 4. The van der Waals surface area contributed by atoms with E-state index in [1.54, 1.807) is 55.5 Å². The first-order valence-electron chi connectivity index (χ1n) is 15.5. The summed E-state index contributed by atoms with van der Waals surface area (Å²) in [7, 11) is 0. The smallest absolute Gasteiger partial charge is 0.508 e. The van der Waals surface area contributed by atoms with Crippen LogP contribution in [0.3, 0.4) is 0 Å². The lowest BCUT2D eigenvalue weighted by Crippen LogP contribution is -2.49. The summed E-state index contributed by atoms with van der Waals surface area (Å²) in [6, 6.07) is 18.5. The minimum absolute atomic E-state index is 0.0338. The van der Waals surface area contributed by atoms with Crippen molar-refractivity contribution < 1.29 is 42.2 Å². The number of carbonyl (C=O) groups is 4. The second-order valence-electron chi connectivity index (χ2n) is 12.8. The number of anilines is 2. The first-order valence-corrected chi connectivity index (χ1v) is 15.5. The lowest BCUT2D eigenvalue weighted by Gasteiger charge is -2.49. The number of alkyl halides is 3. The Morgan fingerprint density at radius 2 is 1.55 bits per heavy atom. The number of halogens is 3. The van der Waals surface area contributed by atoms with E-state index in [4.69, 9.17) is 0 Å². The fourth-order valence-electron chi connectivity index (χ4n) is 8.28. The molecule has 0 radical (unpaired) electrons. The van der Waals surface area contributed by atoms with Gasteiger partial charge in [-0.25, -0.2) is 4.90 Å². The lowest BCUT2D eigenvalue weighted by atomic mass is 9.51. The van der Waals surface area contributed by atoms with Gasteiger partial charge in [0.25, 0.3) is 0 Å². The Morgan fingerprint density at radius 1 is 0.872 bits per heavy atom. The summed E-state index contributed by atoms with van der Waals surface area (Å²) < 4.78 is 44.1. The molecule has 0 aromatic heterocycles. The number of aromatic hydroxyl groups is 1. The van der Waals surface area contributed by atoms with Gasteiger partial charge in [0, 0.05) is 11.5 Å². The first-order chi connectivity index (χ1) is 22.3. The normalized spacial score (nSPS) is 28.6. The van der Waals surface area contributed by atoms with E-state index in [0.29, 0.717) is 16.9 Å². The Balaban J connectivity index is 1.37. The number of aryl methyl sites for hydroxylation is 1. The number of allylic oxidation sites excluding steroid dienone is 2. The minimum atomic E-state index is -5.02. The summed E-state index contributed by atoms with van der Waals surface area (Å²) in [6.07, 6.45) is -2.27. The fourth-order valence-corrected chi connectivity index (χ4v) is 8.28. The molecule has 11 heteroatoms. The van der Waals surface area contributed by atoms with Crippen LogP contribution >= 0.6 is 0 Å². The molecule has 2 heterocycles. The molecule has 1 saturated carbocycles. The van der Waals surface area contributed by atoms with Gasteiger partial charge in [0.15, 0.2) is 0 Å². The van der Waals surface area contributed by atoms with Crippen LogP contribution in [0.2, 0.25) is 0 Å². The van der Waals surface area contributed by atoms with Gasteiger partial charge in [0.1, 0.15) is 11.5 Å². The Labute approximate surface area is 268 Å². The number of nitrogens with zero attached hydrogens (tertiary/aromatic N) is 2. The standard InChI is InChI=1S/C36H31F3N2O6/c1-3-19-9-11-21(12-10-19)40-31(43)24-15-14-23-25(29(24)33(40)45)18-27-32(44)41(20-7-5-4-6-8-20)34(46)35(27,2)30(23)26-17-22(13-16-28(26)42)47-36(37,38)39/h4-14,16-17,24-25,27,29-30,42H,3,15,18H2,1-2H3. The highest BCUT2D eigenvalue weighted by atomic mass is 19.4. The zero-order valence-electron chi connectivity index (χ0n) is 25.5. The fraction of sp³-hybridized carbons (Fsp3) is 0.333.